The predicted molar refractivity (Wildman–Crippen MR) is 77.9 cm³/mol. The zero-order valence-electron chi connectivity index (χ0n) is 11.8. The van der Waals surface area contributed by atoms with E-state index in [9.17, 15) is 0 Å². The summed E-state index contributed by atoms with van der Waals surface area (Å²) in [6.45, 7) is 3.74. The van der Waals surface area contributed by atoms with Gasteiger partial charge >= 0.3 is 0 Å². The van der Waals surface area contributed by atoms with Crippen molar-refractivity contribution in [2.75, 3.05) is 25.6 Å². The van der Waals surface area contributed by atoms with E-state index in [4.69, 9.17) is 9.47 Å². The van der Waals surface area contributed by atoms with Gasteiger partial charge in [0.05, 0.1) is 30.7 Å². The maximum Gasteiger partial charge on any atom is 0.142 e. The highest BCUT2D eigenvalue weighted by Gasteiger charge is 2.04. The Bertz CT molecular complexity index is 532. The first-order valence-electron chi connectivity index (χ1n) is 6.51. The van der Waals surface area contributed by atoms with Crippen LogP contribution < -0.4 is 10.1 Å². The second-order valence-corrected chi connectivity index (χ2v) is 4.39. The summed E-state index contributed by atoms with van der Waals surface area (Å²) in [6, 6.07) is 6.06. The van der Waals surface area contributed by atoms with Crippen molar-refractivity contribution >= 4 is 5.69 Å². The highest BCUT2D eigenvalue weighted by Crippen LogP contribution is 2.26. The molecule has 0 aliphatic heterocycles. The fourth-order valence-electron chi connectivity index (χ4n) is 1.74. The van der Waals surface area contributed by atoms with E-state index in [-0.39, 0.29) is 0 Å². The van der Waals surface area contributed by atoms with Crippen molar-refractivity contribution in [2.24, 2.45) is 0 Å². The summed E-state index contributed by atoms with van der Waals surface area (Å²) in [5, 5.41) is 3.32. The number of ether oxygens (including phenoxy) is 2. The quantitative estimate of drug-likeness (QED) is 0.785. The van der Waals surface area contributed by atoms with Gasteiger partial charge in [-0.3, -0.25) is 9.97 Å². The lowest BCUT2D eigenvalue weighted by Crippen LogP contribution is -2.08. The summed E-state index contributed by atoms with van der Waals surface area (Å²) in [7, 11) is 1.66. The number of methoxy groups -OCH3 is 1. The number of hydrogen-bond acceptors (Lipinski definition) is 5. The van der Waals surface area contributed by atoms with Gasteiger partial charge < -0.3 is 14.8 Å². The van der Waals surface area contributed by atoms with Crippen LogP contribution in [0.25, 0.3) is 0 Å². The van der Waals surface area contributed by atoms with Crippen molar-refractivity contribution in [3.05, 3.63) is 48.0 Å². The van der Waals surface area contributed by atoms with Gasteiger partial charge in [0.2, 0.25) is 0 Å². The molecule has 0 spiro atoms. The monoisotopic (exact) mass is 273 g/mol. The molecule has 1 N–H and O–H groups in total. The van der Waals surface area contributed by atoms with Crippen molar-refractivity contribution < 1.29 is 9.47 Å². The van der Waals surface area contributed by atoms with Gasteiger partial charge in [-0.05, 0) is 24.6 Å². The first-order valence-corrected chi connectivity index (χ1v) is 6.51. The molecule has 2 rings (SSSR count). The maximum absolute atomic E-state index is 5.72. The standard InChI is InChI=1S/C15H19N3O2/c1-12-3-4-14(15(9-12)20-8-7-19-2)18-11-13-10-16-5-6-17-13/h3-6,9-10,18H,7-8,11H2,1-2H3. The van der Waals surface area contributed by atoms with Gasteiger partial charge in [0.15, 0.2) is 0 Å². The van der Waals surface area contributed by atoms with Crippen LogP contribution in [0.2, 0.25) is 0 Å². The predicted octanol–water partition coefficient (Wildman–Crippen LogP) is 2.42. The van der Waals surface area contributed by atoms with Crippen molar-refractivity contribution in [1.82, 2.24) is 9.97 Å². The highest BCUT2D eigenvalue weighted by atomic mass is 16.5. The molecule has 0 bridgehead atoms. The minimum absolute atomic E-state index is 0.528. The summed E-state index contributed by atoms with van der Waals surface area (Å²) in [5.74, 6) is 0.825. The molecule has 0 saturated carbocycles. The summed E-state index contributed by atoms with van der Waals surface area (Å²) in [6.07, 6.45) is 5.09. The normalized spacial score (nSPS) is 10.3. The number of anilines is 1. The van der Waals surface area contributed by atoms with E-state index in [0.29, 0.717) is 19.8 Å². The third kappa shape index (κ3) is 4.20. The molecule has 0 aliphatic carbocycles. The Morgan fingerprint density at radius 1 is 1.20 bits per heavy atom. The van der Waals surface area contributed by atoms with Gasteiger partial charge in [-0.1, -0.05) is 6.07 Å². The van der Waals surface area contributed by atoms with E-state index in [1.807, 2.05) is 25.1 Å². The Labute approximate surface area is 119 Å². The van der Waals surface area contributed by atoms with E-state index in [1.54, 1.807) is 25.7 Å². The number of rotatable bonds is 7. The van der Waals surface area contributed by atoms with Crippen LogP contribution in [-0.2, 0) is 11.3 Å². The molecule has 0 saturated heterocycles. The molecule has 0 atom stereocenters. The van der Waals surface area contributed by atoms with E-state index >= 15 is 0 Å². The van der Waals surface area contributed by atoms with Crippen LogP contribution in [0.5, 0.6) is 5.75 Å². The Balaban J connectivity index is 2.02. The first-order chi connectivity index (χ1) is 9.79. The molecular weight excluding hydrogens is 254 g/mol. The summed E-state index contributed by atoms with van der Waals surface area (Å²) >= 11 is 0. The third-order valence-corrected chi connectivity index (χ3v) is 2.76. The summed E-state index contributed by atoms with van der Waals surface area (Å²) < 4.78 is 10.7. The van der Waals surface area contributed by atoms with Crippen LogP contribution in [0.3, 0.4) is 0 Å². The minimum Gasteiger partial charge on any atom is -0.489 e. The van der Waals surface area contributed by atoms with Crippen LogP contribution >= 0.6 is 0 Å². The molecule has 2 aromatic rings. The zero-order valence-corrected chi connectivity index (χ0v) is 11.8. The second kappa shape index (κ2) is 7.45. The van der Waals surface area contributed by atoms with E-state index in [1.165, 1.54) is 0 Å². The van der Waals surface area contributed by atoms with Gasteiger partial charge in [-0.25, -0.2) is 0 Å². The Morgan fingerprint density at radius 2 is 2.10 bits per heavy atom. The summed E-state index contributed by atoms with van der Waals surface area (Å²) in [5.41, 5.74) is 2.98. The topological polar surface area (TPSA) is 56.3 Å². The fourth-order valence-corrected chi connectivity index (χ4v) is 1.74. The number of aromatic nitrogens is 2. The van der Waals surface area contributed by atoms with Crippen molar-refractivity contribution in [2.45, 2.75) is 13.5 Å². The number of hydrogen-bond donors (Lipinski definition) is 1. The average molecular weight is 273 g/mol. The fraction of sp³-hybridized carbons (Fsp3) is 0.333. The lowest BCUT2D eigenvalue weighted by atomic mass is 10.2. The van der Waals surface area contributed by atoms with Crippen LogP contribution in [0, 0.1) is 6.92 Å². The van der Waals surface area contributed by atoms with Gasteiger partial charge in [0.1, 0.15) is 12.4 Å². The largest absolute Gasteiger partial charge is 0.489 e. The van der Waals surface area contributed by atoms with Crippen LogP contribution in [0.1, 0.15) is 11.3 Å². The van der Waals surface area contributed by atoms with Gasteiger partial charge in [0, 0.05) is 19.5 Å². The second-order valence-electron chi connectivity index (χ2n) is 4.39. The van der Waals surface area contributed by atoms with Crippen LogP contribution in [-0.4, -0.2) is 30.3 Å². The van der Waals surface area contributed by atoms with E-state index in [2.05, 4.69) is 15.3 Å². The molecule has 0 aliphatic rings. The number of nitrogens with one attached hydrogen (secondary N) is 1. The lowest BCUT2D eigenvalue weighted by molar-refractivity contribution is 0.146. The summed E-state index contributed by atoms with van der Waals surface area (Å²) in [4.78, 5) is 8.27. The molecule has 1 heterocycles. The average Bonchev–Trinajstić information content (AvgIpc) is 2.48. The highest BCUT2D eigenvalue weighted by molar-refractivity contribution is 5.57. The molecule has 106 valence electrons. The van der Waals surface area contributed by atoms with Crippen molar-refractivity contribution in [3.63, 3.8) is 0 Å². The van der Waals surface area contributed by atoms with Gasteiger partial charge in [0.25, 0.3) is 0 Å². The molecule has 0 amide bonds. The molecule has 5 nitrogen and oxygen atoms in total. The Kier molecular flexibility index (Phi) is 5.32. The molecule has 0 unspecified atom stereocenters. The zero-order chi connectivity index (χ0) is 14.2. The van der Waals surface area contributed by atoms with Gasteiger partial charge in [-0.15, -0.1) is 0 Å². The van der Waals surface area contributed by atoms with Crippen molar-refractivity contribution in [1.29, 1.82) is 0 Å². The molecule has 0 radical (unpaired) electrons. The molecule has 20 heavy (non-hydrogen) atoms. The Morgan fingerprint density at radius 3 is 2.85 bits per heavy atom. The number of aryl methyl sites for hydroxylation is 1. The first kappa shape index (κ1) is 14.3. The third-order valence-electron chi connectivity index (χ3n) is 2.76. The molecule has 1 aromatic carbocycles. The number of nitrogens with zero attached hydrogens (tertiary/aromatic N) is 2. The lowest BCUT2D eigenvalue weighted by Gasteiger charge is -2.13. The molecule has 1 aromatic heterocycles. The molecular formula is C15H19N3O2. The SMILES string of the molecule is COCCOc1cc(C)ccc1NCc1cnccn1. The minimum atomic E-state index is 0.528. The number of benzene rings is 1. The Hall–Kier alpha value is -2.14. The van der Waals surface area contributed by atoms with E-state index in [0.717, 1.165) is 22.7 Å². The van der Waals surface area contributed by atoms with Crippen LogP contribution in [0.15, 0.2) is 36.8 Å². The van der Waals surface area contributed by atoms with Gasteiger partial charge in [-0.2, -0.15) is 0 Å². The maximum atomic E-state index is 5.72. The molecule has 5 heteroatoms. The smallest absolute Gasteiger partial charge is 0.142 e. The van der Waals surface area contributed by atoms with Crippen LogP contribution in [0.4, 0.5) is 5.69 Å². The van der Waals surface area contributed by atoms with Crippen molar-refractivity contribution in [3.8, 4) is 5.75 Å². The molecule has 0 fully saturated rings. The van der Waals surface area contributed by atoms with E-state index < -0.39 is 0 Å².